The Labute approximate surface area is 68.6 Å². The van der Waals surface area contributed by atoms with Crippen molar-refractivity contribution in [2.45, 2.75) is 52.1 Å². The maximum absolute atomic E-state index is 11.0. The second-order valence-electron chi connectivity index (χ2n) is 3.04. The number of Topliss-reactive ketones (excluding diaryl/α,β-unsaturated/α-hetero) is 1. The molecule has 0 rings (SSSR count). The Hall–Kier alpha value is -0.370. The molecule has 0 bridgehead atoms. The zero-order chi connectivity index (χ0) is 8.91. The molecule has 0 fully saturated rings. The number of unbranched alkanes of at least 4 members (excludes halogenated alkanes) is 1. The predicted octanol–water partition coefficient (Wildman–Crippen LogP) is 1.91. The fourth-order valence-corrected chi connectivity index (χ4v) is 1.07. The van der Waals surface area contributed by atoms with Crippen molar-refractivity contribution in [1.82, 2.24) is 0 Å². The minimum atomic E-state index is -1.05. The molecule has 11 heavy (non-hydrogen) atoms. The van der Waals surface area contributed by atoms with E-state index in [1.807, 2.05) is 6.92 Å². The van der Waals surface area contributed by atoms with E-state index in [0.29, 0.717) is 12.8 Å². The van der Waals surface area contributed by atoms with Gasteiger partial charge in [0.15, 0.2) is 5.78 Å². The van der Waals surface area contributed by atoms with E-state index in [0.717, 1.165) is 12.8 Å². The van der Waals surface area contributed by atoms with E-state index >= 15 is 0 Å². The zero-order valence-electron chi connectivity index (χ0n) is 7.68. The van der Waals surface area contributed by atoms with Crippen LogP contribution in [0.25, 0.3) is 0 Å². The van der Waals surface area contributed by atoms with Crippen LogP contribution in [0.4, 0.5) is 0 Å². The van der Waals surface area contributed by atoms with Gasteiger partial charge in [-0.25, -0.2) is 0 Å². The van der Waals surface area contributed by atoms with Crippen LogP contribution in [0.3, 0.4) is 0 Å². The molecule has 1 unspecified atom stereocenters. The number of carbonyl (C=O) groups is 1. The van der Waals surface area contributed by atoms with Gasteiger partial charge in [0, 0.05) is 0 Å². The van der Waals surface area contributed by atoms with Gasteiger partial charge in [-0.05, 0) is 19.8 Å². The highest BCUT2D eigenvalue weighted by atomic mass is 16.3. The van der Waals surface area contributed by atoms with Crippen molar-refractivity contribution in [2.24, 2.45) is 0 Å². The molecule has 0 saturated carbocycles. The Morgan fingerprint density at radius 2 is 2.00 bits per heavy atom. The van der Waals surface area contributed by atoms with Crippen molar-refractivity contribution < 1.29 is 9.90 Å². The zero-order valence-corrected chi connectivity index (χ0v) is 7.68. The van der Waals surface area contributed by atoms with Gasteiger partial charge in [-0.15, -0.1) is 0 Å². The molecular weight excluding hydrogens is 140 g/mol. The number of rotatable bonds is 5. The molecular formula is C9H18O2. The third kappa shape index (κ3) is 3.02. The summed E-state index contributed by atoms with van der Waals surface area (Å²) >= 11 is 0. The Morgan fingerprint density at radius 1 is 1.45 bits per heavy atom. The van der Waals surface area contributed by atoms with Crippen LogP contribution >= 0.6 is 0 Å². The maximum Gasteiger partial charge on any atom is 0.161 e. The summed E-state index contributed by atoms with van der Waals surface area (Å²) in [4.78, 5) is 11.0. The minimum Gasteiger partial charge on any atom is -0.382 e. The lowest BCUT2D eigenvalue weighted by Crippen LogP contribution is -2.35. The van der Waals surface area contributed by atoms with Crippen molar-refractivity contribution in [2.75, 3.05) is 0 Å². The second-order valence-corrected chi connectivity index (χ2v) is 3.04. The van der Waals surface area contributed by atoms with Gasteiger partial charge < -0.3 is 5.11 Å². The molecule has 0 saturated heterocycles. The summed E-state index contributed by atoms with van der Waals surface area (Å²) in [6.07, 6.45) is 3.08. The molecule has 0 aromatic carbocycles. The minimum absolute atomic E-state index is 0.103. The number of hydrogen-bond acceptors (Lipinski definition) is 2. The Kier molecular flexibility index (Phi) is 4.34. The van der Waals surface area contributed by atoms with E-state index in [1.165, 1.54) is 6.92 Å². The molecule has 1 atom stereocenters. The topological polar surface area (TPSA) is 37.3 Å². The van der Waals surface area contributed by atoms with Crippen LogP contribution < -0.4 is 0 Å². The number of ketones is 1. The van der Waals surface area contributed by atoms with Gasteiger partial charge in [0.1, 0.15) is 5.60 Å². The molecule has 0 aliphatic heterocycles. The van der Waals surface area contributed by atoms with Crippen molar-refractivity contribution in [3.05, 3.63) is 0 Å². The van der Waals surface area contributed by atoms with Crippen molar-refractivity contribution >= 4 is 5.78 Å². The van der Waals surface area contributed by atoms with Crippen LogP contribution in [0.15, 0.2) is 0 Å². The number of aliphatic hydroxyl groups is 1. The number of carbonyl (C=O) groups excluding carboxylic acids is 1. The molecule has 2 nitrogen and oxygen atoms in total. The summed E-state index contributed by atoms with van der Waals surface area (Å²) in [5.74, 6) is -0.103. The van der Waals surface area contributed by atoms with Gasteiger partial charge in [0.05, 0.1) is 0 Å². The SMILES string of the molecule is CCCCC(O)(CC)C(C)=O. The van der Waals surface area contributed by atoms with Crippen LogP contribution in [-0.2, 0) is 4.79 Å². The fraction of sp³-hybridized carbons (Fsp3) is 0.889. The lowest BCUT2D eigenvalue weighted by atomic mass is 9.90. The summed E-state index contributed by atoms with van der Waals surface area (Å²) in [5, 5.41) is 9.68. The van der Waals surface area contributed by atoms with Crippen molar-refractivity contribution in [1.29, 1.82) is 0 Å². The summed E-state index contributed by atoms with van der Waals surface area (Å²) < 4.78 is 0. The van der Waals surface area contributed by atoms with Crippen LogP contribution in [-0.4, -0.2) is 16.5 Å². The average Bonchev–Trinajstić information content (AvgIpc) is 2.00. The molecule has 0 heterocycles. The highest BCUT2D eigenvalue weighted by molar-refractivity contribution is 5.84. The highest BCUT2D eigenvalue weighted by Gasteiger charge is 2.28. The van der Waals surface area contributed by atoms with E-state index in [-0.39, 0.29) is 5.78 Å². The summed E-state index contributed by atoms with van der Waals surface area (Å²) in [6.45, 7) is 5.35. The van der Waals surface area contributed by atoms with Crippen molar-refractivity contribution in [3.8, 4) is 0 Å². The first-order chi connectivity index (χ1) is 5.06. The van der Waals surface area contributed by atoms with Gasteiger partial charge in [-0.1, -0.05) is 26.7 Å². The molecule has 0 spiro atoms. The Bertz CT molecular complexity index is 132. The van der Waals surface area contributed by atoms with E-state index in [2.05, 4.69) is 6.92 Å². The molecule has 0 radical (unpaired) electrons. The summed E-state index contributed by atoms with van der Waals surface area (Å²) in [7, 11) is 0. The van der Waals surface area contributed by atoms with Crippen LogP contribution in [0.1, 0.15) is 46.5 Å². The largest absolute Gasteiger partial charge is 0.382 e. The molecule has 66 valence electrons. The van der Waals surface area contributed by atoms with Crippen LogP contribution in [0, 0.1) is 0 Å². The highest BCUT2D eigenvalue weighted by Crippen LogP contribution is 2.18. The Morgan fingerprint density at radius 3 is 2.27 bits per heavy atom. The molecule has 0 aromatic heterocycles. The molecule has 0 aliphatic carbocycles. The van der Waals surface area contributed by atoms with E-state index < -0.39 is 5.60 Å². The normalized spacial score (nSPS) is 16.0. The Balaban J connectivity index is 3.99. The van der Waals surface area contributed by atoms with Gasteiger partial charge in [-0.3, -0.25) is 4.79 Å². The van der Waals surface area contributed by atoms with E-state index in [4.69, 9.17) is 0 Å². The van der Waals surface area contributed by atoms with Gasteiger partial charge in [-0.2, -0.15) is 0 Å². The maximum atomic E-state index is 11.0. The molecule has 2 heteroatoms. The summed E-state index contributed by atoms with van der Waals surface area (Å²) in [6, 6.07) is 0. The first-order valence-electron chi connectivity index (χ1n) is 4.30. The first kappa shape index (κ1) is 10.6. The molecule has 1 N–H and O–H groups in total. The molecule has 0 aromatic rings. The standard InChI is InChI=1S/C9H18O2/c1-4-6-7-9(11,5-2)8(3)10/h11H,4-7H2,1-3H3. The smallest absolute Gasteiger partial charge is 0.161 e. The predicted molar refractivity (Wildman–Crippen MR) is 45.4 cm³/mol. The fourth-order valence-electron chi connectivity index (χ4n) is 1.07. The third-order valence-electron chi connectivity index (χ3n) is 2.18. The quantitative estimate of drug-likeness (QED) is 0.663. The second kappa shape index (κ2) is 4.50. The van der Waals surface area contributed by atoms with E-state index in [1.54, 1.807) is 0 Å². The molecule has 0 aliphatic rings. The lowest BCUT2D eigenvalue weighted by Gasteiger charge is -2.22. The number of hydrogen-bond donors (Lipinski definition) is 1. The van der Waals surface area contributed by atoms with Crippen molar-refractivity contribution in [3.63, 3.8) is 0 Å². The molecule has 0 amide bonds. The average molecular weight is 158 g/mol. The van der Waals surface area contributed by atoms with Gasteiger partial charge >= 0.3 is 0 Å². The monoisotopic (exact) mass is 158 g/mol. The van der Waals surface area contributed by atoms with Crippen LogP contribution in [0.2, 0.25) is 0 Å². The van der Waals surface area contributed by atoms with Crippen LogP contribution in [0.5, 0.6) is 0 Å². The van der Waals surface area contributed by atoms with Gasteiger partial charge in [0.25, 0.3) is 0 Å². The third-order valence-corrected chi connectivity index (χ3v) is 2.18. The first-order valence-corrected chi connectivity index (χ1v) is 4.30. The lowest BCUT2D eigenvalue weighted by molar-refractivity contribution is -0.136. The van der Waals surface area contributed by atoms with E-state index in [9.17, 15) is 9.90 Å². The van der Waals surface area contributed by atoms with Gasteiger partial charge in [0.2, 0.25) is 0 Å². The summed E-state index contributed by atoms with van der Waals surface area (Å²) in [5.41, 5.74) is -1.05.